The first-order valence-electron chi connectivity index (χ1n) is 6.94. The number of benzene rings is 1. The summed E-state index contributed by atoms with van der Waals surface area (Å²) in [4.78, 5) is 15.2. The molecule has 0 saturated heterocycles. The molecule has 0 atom stereocenters. The number of pyridine rings is 1. The fraction of sp³-hybridized carbons (Fsp3) is 0.125. The molecule has 8 heteroatoms. The molecule has 1 aromatic carbocycles. The van der Waals surface area contributed by atoms with Crippen LogP contribution in [-0.4, -0.2) is 26.3 Å². The molecule has 0 saturated carbocycles. The predicted molar refractivity (Wildman–Crippen MR) is 79.2 cm³/mol. The third kappa shape index (κ3) is 3.17. The van der Waals surface area contributed by atoms with Crippen LogP contribution in [-0.2, 0) is 12.7 Å². The van der Waals surface area contributed by atoms with Crippen LogP contribution in [0, 0.1) is 0 Å². The second-order valence-electron chi connectivity index (χ2n) is 5.04. The van der Waals surface area contributed by atoms with Crippen molar-refractivity contribution in [2.75, 3.05) is 0 Å². The Morgan fingerprint density at radius 1 is 1.12 bits per heavy atom. The first-order valence-corrected chi connectivity index (χ1v) is 6.94. The molecule has 0 bridgehead atoms. The Balaban J connectivity index is 1.94. The predicted octanol–water partition coefficient (Wildman–Crippen LogP) is 3.22. The molecule has 0 N–H and O–H groups in total. The lowest BCUT2D eigenvalue weighted by atomic mass is 10.1. The van der Waals surface area contributed by atoms with E-state index < -0.39 is 11.7 Å². The molecule has 0 fully saturated rings. The summed E-state index contributed by atoms with van der Waals surface area (Å²) >= 11 is 0. The van der Waals surface area contributed by atoms with E-state index in [2.05, 4.69) is 15.3 Å². The maximum atomic E-state index is 12.6. The van der Waals surface area contributed by atoms with E-state index in [1.54, 1.807) is 24.5 Å². The maximum absolute atomic E-state index is 12.6. The fourth-order valence-electron chi connectivity index (χ4n) is 2.29. The number of aromatic nitrogens is 4. The van der Waals surface area contributed by atoms with Gasteiger partial charge < -0.3 is 0 Å². The van der Waals surface area contributed by atoms with Gasteiger partial charge in [0.2, 0.25) is 0 Å². The highest BCUT2D eigenvalue weighted by Crippen LogP contribution is 2.29. The Hall–Kier alpha value is -3.03. The van der Waals surface area contributed by atoms with Gasteiger partial charge in [-0.1, -0.05) is 17.3 Å². The molecule has 5 nitrogen and oxygen atoms in total. The number of carbonyl (C=O) groups is 1. The van der Waals surface area contributed by atoms with Crippen molar-refractivity contribution in [1.29, 1.82) is 0 Å². The summed E-state index contributed by atoms with van der Waals surface area (Å²) in [7, 11) is 0. The van der Waals surface area contributed by atoms with Gasteiger partial charge in [-0.2, -0.15) is 13.2 Å². The monoisotopic (exact) mass is 332 g/mol. The lowest BCUT2D eigenvalue weighted by Crippen LogP contribution is -2.07. The molecule has 0 aliphatic heterocycles. The minimum Gasteiger partial charge on any atom is -0.296 e. The molecule has 122 valence electrons. The number of alkyl halides is 3. The molecule has 3 aromatic rings. The van der Waals surface area contributed by atoms with Crippen LogP contribution in [0.5, 0.6) is 0 Å². The Morgan fingerprint density at radius 2 is 1.88 bits per heavy atom. The van der Waals surface area contributed by atoms with Gasteiger partial charge >= 0.3 is 6.18 Å². The SMILES string of the molecule is O=Cc1nnn(Cc2ccc(C(F)(F)F)cc2)c1-c1cccnc1. The number of aldehydes is 1. The summed E-state index contributed by atoms with van der Waals surface area (Å²) in [5, 5.41) is 7.72. The standard InChI is InChI=1S/C16H11F3N4O/c17-16(18,19)13-5-3-11(4-6-13)9-23-15(14(10-24)21-22-23)12-2-1-7-20-8-12/h1-8,10H,9H2. The first-order chi connectivity index (χ1) is 11.5. The second kappa shape index (κ2) is 6.23. The van der Waals surface area contributed by atoms with Crippen molar-refractivity contribution in [1.82, 2.24) is 20.0 Å². The molecule has 2 heterocycles. The summed E-state index contributed by atoms with van der Waals surface area (Å²) in [5.74, 6) is 0. The van der Waals surface area contributed by atoms with Gasteiger partial charge in [0.05, 0.1) is 12.1 Å². The lowest BCUT2D eigenvalue weighted by molar-refractivity contribution is -0.137. The van der Waals surface area contributed by atoms with Crippen molar-refractivity contribution in [2.24, 2.45) is 0 Å². The number of carbonyl (C=O) groups excluding carboxylic acids is 1. The highest BCUT2D eigenvalue weighted by molar-refractivity contribution is 5.82. The summed E-state index contributed by atoms with van der Waals surface area (Å²) in [5.41, 5.74) is 1.16. The molecule has 2 aromatic heterocycles. The summed E-state index contributed by atoms with van der Waals surface area (Å²) in [6.45, 7) is 0.184. The van der Waals surface area contributed by atoms with Gasteiger partial charge in [0.15, 0.2) is 12.0 Å². The Labute approximate surface area is 134 Å². The summed E-state index contributed by atoms with van der Waals surface area (Å²) in [6.07, 6.45) is -0.640. The molecule has 0 aliphatic rings. The van der Waals surface area contributed by atoms with E-state index in [0.29, 0.717) is 23.1 Å². The van der Waals surface area contributed by atoms with Crippen molar-refractivity contribution in [3.8, 4) is 11.3 Å². The number of hydrogen-bond acceptors (Lipinski definition) is 4. The topological polar surface area (TPSA) is 60.7 Å². The molecule has 0 amide bonds. The van der Waals surface area contributed by atoms with E-state index in [4.69, 9.17) is 0 Å². The van der Waals surface area contributed by atoms with Crippen LogP contribution in [0.1, 0.15) is 21.6 Å². The largest absolute Gasteiger partial charge is 0.416 e. The van der Waals surface area contributed by atoms with Gasteiger partial charge in [0, 0.05) is 18.0 Å². The van der Waals surface area contributed by atoms with Gasteiger partial charge in [-0.05, 0) is 29.8 Å². The van der Waals surface area contributed by atoms with Gasteiger partial charge in [0.25, 0.3) is 0 Å². The van der Waals surface area contributed by atoms with Crippen LogP contribution in [0.4, 0.5) is 13.2 Å². The van der Waals surface area contributed by atoms with Gasteiger partial charge in [-0.25, -0.2) is 4.68 Å². The van der Waals surface area contributed by atoms with Gasteiger partial charge in [-0.15, -0.1) is 5.10 Å². The maximum Gasteiger partial charge on any atom is 0.416 e. The van der Waals surface area contributed by atoms with E-state index in [-0.39, 0.29) is 12.2 Å². The zero-order chi connectivity index (χ0) is 17.2. The van der Waals surface area contributed by atoms with E-state index in [9.17, 15) is 18.0 Å². The molecule has 3 rings (SSSR count). The summed E-state index contributed by atoms with van der Waals surface area (Å²) < 4.78 is 39.3. The highest BCUT2D eigenvalue weighted by atomic mass is 19.4. The minimum atomic E-state index is -4.38. The third-order valence-electron chi connectivity index (χ3n) is 3.42. The van der Waals surface area contributed by atoms with E-state index in [1.807, 2.05) is 0 Å². The zero-order valence-electron chi connectivity index (χ0n) is 12.2. The van der Waals surface area contributed by atoms with Crippen LogP contribution in [0.15, 0.2) is 48.8 Å². The Bertz CT molecular complexity index is 842. The zero-order valence-corrected chi connectivity index (χ0v) is 12.2. The summed E-state index contributed by atoms with van der Waals surface area (Å²) in [6, 6.07) is 8.23. The van der Waals surface area contributed by atoms with Crippen molar-refractivity contribution < 1.29 is 18.0 Å². The highest BCUT2D eigenvalue weighted by Gasteiger charge is 2.30. The second-order valence-corrected chi connectivity index (χ2v) is 5.04. The van der Waals surface area contributed by atoms with Crippen molar-refractivity contribution in [2.45, 2.75) is 12.7 Å². The molecule has 24 heavy (non-hydrogen) atoms. The number of rotatable bonds is 4. The molecule has 0 aliphatic carbocycles. The molecule has 0 radical (unpaired) electrons. The first kappa shape index (κ1) is 15.9. The van der Waals surface area contributed by atoms with E-state index in [0.717, 1.165) is 12.1 Å². The lowest BCUT2D eigenvalue weighted by Gasteiger charge is -2.09. The van der Waals surface area contributed by atoms with Crippen LogP contribution < -0.4 is 0 Å². The average molecular weight is 332 g/mol. The molecular weight excluding hydrogens is 321 g/mol. The van der Waals surface area contributed by atoms with Gasteiger partial charge in [-0.3, -0.25) is 9.78 Å². The van der Waals surface area contributed by atoms with Crippen LogP contribution in [0.3, 0.4) is 0 Å². The van der Waals surface area contributed by atoms with E-state index >= 15 is 0 Å². The number of hydrogen-bond donors (Lipinski definition) is 0. The van der Waals surface area contributed by atoms with Crippen molar-refractivity contribution in [3.63, 3.8) is 0 Å². The Kier molecular flexibility index (Phi) is 4.11. The molecule has 0 unspecified atom stereocenters. The molecule has 0 spiro atoms. The van der Waals surface area contributed by atoms with E-state index in [1.165, 1.54) is 16.8 Å². The normalized spacial score (nSPS) is 11.5. The Morgan fingerprint density at radius 3 is 2.46 bits per heavy atom. The average Bonchev–Trinajstić information content (AvgIpc) is 2.98. The smallest absolute Gasteiger partial charge is 0.296 e. The fourth-order valence-corrected chi connectivity index (χ4v) is 2.29. The van der Waals surface area contributed by atoms with Crippen molar-refractivity contribution >= 4 is 6.29 Å². The third-order valence-corrected chi connectivity index (χ3v) is 3.42. The van der Waals surface area contributed by atoms with Crippen LogP contribution >= 0.6 is 0 Å². The quantitative estimate of drug-likeness (QED) is 0.688. The molecular formula is C16H11F3N4O. The minimum absolute atomic E-state index is 0.148. The number of halogens is 3. The number of nitrogens with zero attached hydrogens (tertiary/aromatic N) is 4. The van der Waals surface area contributed by atoms with Crippen molar-refractivity contribution in [3.05, 3.63) is 65.6 Å². The van der Waals surface area contributed by atoms with Gasteiger partial charge in [0.1, 0.15) is 5.69 Å². The van der Waals surface area contributed by atoms with Crippen LogP contribution in [0.25, 0.3) is 11.3 Å². The van der Waals surface area contributed by atoms with Crippen LogP contribution in [0.2, 0.25) is 0 Å².